The van der Waals surface area contributed by atoms with Gasteiger partial charge < -0.3 is 10.5 Å². The van der Waals surface area contributed by atoms with Crippen molar-refractivity contribution < 1.29 is 4.74 Å². The number of hydrogen-bond donors (Lipinski definition) is 1. The van der Waals surface area contributed by atoms with Gasteiger partial charge in [0.15, 0.2) is 0 Å². The summed E-state index contributed by atoms with van der Waals surface area (Å²) in [6, 6.07) is 9.82. The van der Waals surface area contributed by atoms with E-state index in [0.29, 0.717) is 13.2 Å². The third-order valence-electron chi connectivity index (χ3n) is 2.75. The molecule has 0 aliphatic rings. The largest absolute Gasteiger partial charge is 0.493 e. The molecular formula is C16H19N3OS. The molecule has 0 aliphatic carbocycles. The lowest BCUT2D eigenvalue weighted by Crippen LogP contribution is -2.01. The van der Waals surface area contributed by atoms with Crippen LogP contribution in [0.3, 0.4) is 0 Å². The molecule has 2 N–H and O–H groups in total. The van der Waals surface area contributed by atoms with Crippen LogP contribution in [0.25, 0.3) is 0 Å². The van der Waals surface area contributed by atoms with Crippen molar-refractivity contribution in [2.45, 2.75) is 11.9 Å². The number of hydrogen-bond acceptors (Lipinski definition) is 4. The molecule has 1 aromatic heterocycles. The Balaban J connectivity index is 1.77. The van der Waals surface area contributed by atoms with Crippen LogP contribution in [0, 0.1) is 18.8 Å². The van der Waals surface area contributed by atoms with Gasteiger partial charge in [0.05, 0.1) is 23.9 Å². The van der Waals surface area contributed by atoms with Gasteiger partial charge in [-0.05, 0) is 37.3 Å². The Morgan fingerprint density at radius 2 is 2.10 bits per heavy atom. The molecule has 2 aromatic rings. The lowest BCUT2D eigenvalue weighted by molar-refractivity contribution is 0.344. The lowest BCUT2D eigenvalue weighted by atomic mass is 10.2. The molecule has 0 radical (unpaired) electrons. The first-order valence-electron chi connectivity index (χ1n) is 6.74. The minimum Gasteiger partial charge on any atom is -0.493 e. The highest BCUT2D eigenvalue weighted by molar-refractivity contribution is 7.99. The van der Waals surface area contributed by atoms with Crippen LogP contribution in [0.1, 0.15) is 11.3 Å². The van der Waals surface area contributed by atoms with Crippen molar-refractivity contribution in [1.29, 1.82) is 0 Å². The first-order chi connectivity index (χ1) is 10.2. The van der Waals surface area contributed by atoms with E-state index in [1.54, 1.807) is 11.8 Å². The summed E-state index contributed by atoms with van der Waals surface area (Å²) in [5, 5.41) is 5.47. The van der Waals surface area contributed by atoms with Gasteiger partial charge in [-0.25, -0.2) is 0 Å². The van der Waals surface area contributed by atoms with Gasteiger partial charge >= 0.3 is 0 Å². The first-order valence-corrected chi connectivity index (χ1v) is 7.73. The molecule has 0 fully saturated rings. The summed E-state index contributed by atoms with van der Waals surface area (Å²) in [6.07, 6.45) is 0. The van der Waals surface area contributed by atoms with Crippen molar-refractivity contribution in [2.24, 2.45) is 12.8 Å². The summed E-state index contributed by atoms with van der Waals surface area (Å²) in [4.78, 5) is 0. The number of thioether (sulfide) groups is 1. The zero-order valence-corrected chi connectivity index (χ0v) is 13.1. The summed E-state index contributed by atoms with van der Waals surface area (Å²) in [7, 11) is 1.96. The Kier molecular flexibility index (Phi) is 5.73. The van der Waals surface area contributed by atoms with E-state index >= 15 is 0 Å². The summed E-state index contributed by atoms with van der Waals surface area (Å²) >= 11 is 1.74. The second-order valence-electron chi connectivity index (χ2n) is 4.47. The molecular weight excluding hydrogens is 282 g/mol. The van der Waals surface area contributed by atoms with E-state index in [2.05, 4.69) is 23.0 Å². The van der Waals surface area contributed by atoms with Crippen molar-refractivity contribution in [3.8, 4) is 17.6 Å². The Morgan fingerprint density at radius 1 is 1.33 bits per heavy atom. The maximum Gasteiger partial charge on any atom is 0.119 e. The highest BCUT2D eigenvalue weighted by atomic mass is 32.2. The number of nitrogens with two attached hydrogens (primary N) is 1. The van der Waals surface area contributed by atoms with Crippen molar-refractivity contribution in [1.82, 2.24) is 9.78 Å². The molecule has 0 unspecified atom stereocenters. The summed E-state index contributed by atoms with van der Waals surface area (Å²) in [5.41, 5.74) is 7.33. The predicted molar refractivity (Wildman–Crippen MR) is 86.5 cm³/mol. The van der Waals surface area contributed by atoms with E-state index < -0.39 is 0 Å². The second-order valence-corrected chi connectivity index (χ2v) is 5.59. The van der Waals surface area contributed by atoms with Crippen LogP contribution in [0.2, 0.25) is 0 Å². The Bertz CT molecular complexity index is 638. The Morgan fingerprint density at radius 3 is 2.71 bits per heavy atom. The second kappa shape index (κ2) is 7.77. The third kappa shape index (κ3) is 4.85. The fourth-order valence-corrected chi connectivity index (χ4v) is 2.67. The van der Waals surface area contributed by atoms with Crippen LogP contribution in [0.5, 0.6) is 5.75 Å². The Labute approximate surface area is 129 Å². The molecule has 2 rings (SSSR count). The quantitative estimate of drug-likeness (QED) is 0.523. The van der Waals surface area contributed by atoms with E-state index in [-0.39, 0.29) is 0 Å². The number of aryl methyl sites for hydroxylation is 2. The predicted octanol–water partition coefficient (Wildman–Crippen LogP) is 2.21. The van der Waals surface area contributed by atoms with E-state index in [9.17, 15) is 0 Å². The maximum atomic E-state index is 5.71. The van der Waals surface area contributed by atoms with Crippen LogP contribution in [-0.2, 0) is 7.05 Å². The maximum absolute atomic E-state index is 5.71. The van der Waals surface area contributed by atoms with Gasteiger partial charge in [-0.2, -0.15) is 5.10 Å². The van der Waals surface area contributed by atoms with Crippen molar-refractivity contribution in [3.63, 3.8) is 0 Å². The number of benzene rings is 1. The Hall–Kier alpha value is -1.90. The van der Waals surface area contributed by atoms with Crippen LogP contribution < -0.4 is 10.5 Å². The fraction of sp³-hybridized carbons (Fsp3) is 0.312. The van der Waals surface area contributed by atoms with Crippen LogP contribution in [0.4, 0.5) is 0 Å². The number of aromatic nitrogens is 2. The first kappa shape index (κ1) is 15.5. The zero-order valence-electron chi connectivity index (χ0n) is 12.3. The van der Waals surface area contributed by atoms with Gasteiger partial charge in [0.2, 0.25) is 0 Å². The molecule has 1 heterocycles. The van der Waals surface area contributed by atoms with Crippen molar-refractivity contribution in [2.75, 3.05) is 18.9 Å². The van der Waals surface area contributed by atoms with E-state index in [1.165, 1.54) is 0 Å². The van der Waals surface area contributed by atoms with Gasteiger partial charge in [-0.15, -0.1) is 11.8 Å². The summed E-state index contributed by atoms with van der Waals surface area (Å²) < 4.78 is 7.60. The van der Waals surface area contributed by atoms with Crippen LogP contribution >= 0.6 is 11.8 Å². The van der Waals surface area contributed by atoms with E-state index in [4.69, 9.17) is 10.5 Å². The highest BCUT2D eigenvalue weighted by Crippen LogP contribution is 2.18. The molecule has 5 heteroatoms. The van der Waals surface area contributed by atoms with Gasteiger partial charge in [-0.3, -0.25) is 4.68 Å². The summed E-state index contributed by atoms with van der Waals surface area (Å²) in [6.45, 7) is 3.03. The standard InChI is InChI=1S/C16H19N3OS/c1-13-12-16(19(2)18-13)21-11-10-20-15-7-5-14(6-8-15)4-3-9-17/h5-8,12H,9-11,17H2,1-2H3. The molecule has 0 atom stereocenters. The van der Waals surface area contributed by atoms with Crippen molar-refractivity contribution >= 4 is 11.8 Å². The van der Waals surface area contributed by atoms with Gasteiger partial charge in [0.25, 0.3) is 0 Å². The van der Waals surface area contributed by atoms with Gasteiger partial charge in [0, 0.05) is 18.4 Å². The fourth-order valence-electron chi connectivity index (χ4n) is 1.82. The molecule has 21 heavy (non-hydrogen) atoms. The molecule has 0 spiro atoms. The monoisotopic (exact) mass is 301 g/mol. The van der Waals surface area contributed by atoms with Crippen molar-refractivity contribution in [3.05, 3.63) is 41.6 Å². The van der Waals surface area contributed by atoms with Gasteiger partial charge in [-0.1, -0.05) is 11.8 Å². The van der Waals surface area contributed by atoms with E-state index in [0.717, 1.165) is 27.8 Å². The average Bonchev–Trinajstić information content (AvgIpc) is 2.80. The molecule has 4 nitrogen and oxygen atoms in total. The molecule has 0 saturated heterocycles. The minimum atomic E-state index is 0.378. The van der Waals surface area contributed by atoms with E-state index in [1.807, 2.05) is 42.9 Å². The number of ether oxygens (including phenoxy) is 1. The summed E-state index contributed by atoms with van der Waals surface area (Å²) in [5.74, 6) is 7.55. The molecule has 0 amide bonds. The molecule has 0 saturated carbocycles. The minimum absolute atomic E-state index is 0.378. The number of nitrogens with zero attached hydrogens (tertiary/aromatic N) is 2. The lowest BCUT2D eigenvalue weighted by Gasteiger charge is -2.06. The number of rotatable bonds is 5. The van der Waals surface area contributed by atoms with Gasteiger partial charge in [0.1, 0.15) is 5.75 Å². The smallest absolute Gasteiger partial charge is 0.119 e. The zero-order chi connectivity index (χ0) is 15.1. The van der Waals surface area contributed by atoms with Crippen LogP contribution in [0.15, 0.2) is 35.4 Å². The SMILES string of the molecule is Cc1cc(SCCOc2ccc(C#CCN)cc2)n(C)n1. The average molecular weight is 301 g/mol. The molecule has 0 bridgehead atoms. The molecule has 0 aliphatic heterocycles. The molecule has 1 aromatic carbocycles. The molecule has 110 valence electrons. The van der Waals surface area contributed by atoms with Crippen LogP contribution in [-0.4, -0.2) is 28.7 Å². The highest BCUT2D eigenvalue weighted by Gasteiger charge is 2.02. The normalized spacial score (nSPS) is 10.0. The topological polar surface area (TPSA) is 53.1 Å². The third-order valence-corrected chi connectivity index (χ3v) is 3.80.